The molecule has 0 radical (unpaired) electrons. The van der Waals surface area contributed by atoms with E-state index in [1.807, 2.05) is 0 Å². The molecule has 0 N–H and O–H groups in total. The molecule has 0 aromatic rings. The summed E-state index contributed by atoms with van der Waals surface area (Å²) in [5, 5.41) is 0. The van der Waals surface area contributed by atoms with Crippen LogP contribution in [0.1, 0.15) is 0 Å². The van der Waals surface area contributed by atoms with Crippen molar-refractivity contribution < 1.29 is 60.2 Å². The van der Waals surface area contributed by atoms with Crippen molar-refractivity contribution in [2.24, 2.45) is 0 Å². The van der Waals surface area contributed by atoms with Gasteiger partial charge in [0.2, 0.25) is 0 Å². The number of rotatable bonds is 0. The summed E-state index contributed by atoms with van der Waals surface area (Å²) in [6, 6.07) is 0. The van der Waals surface area contributed by atoms with E-state index in [1.54, 1.807) is 0 Å². The minimum atomic E-state index is -2.24. The molecule has 0 aliphatic rings. The van der Waals surface area contributed by atoms with Crippen LogP contribution in [-0.2, 0) is 0 Å². The summed E-state index contributed by atoms with van der Waals surface area (Å²) in [4.78, 5) is 0. The van der Waals surface area contributed by atoms with Gasteiger partial charge in [0.05, 0.1) is 0 Å². The Labute approximate surface area is 74.7 Å². The maximum Gasteiger partial charge on any atom is 1.00 e. The van der Waals surface area contributed by atoms with Gasteiger partial charge in [-0.1, -0.05) is 0 Å². The van der Waals surface area contributed by atoms with Crippen LogP contribution >= 0.6 is 16.9 Å². The second kappa shape index (κ2) is 7.25. The van der Waals surface area contributed by atoms with Crippen molar-refractivity contribution in [3.8, 4) is 0 Å². The minimum absolute atomic E-state index is 0. The normalized spacial score (nSPS) is 5.40. The molecule has 0 fully saturated rings. The molecular formula is CeCl3Na+. The van der Waals surface area contributed by atoms with E-state index in [1.165, 1.54) is 0 Å². The van der Waals surface area contributed by atoms with Gasteiger partial charge < -0.3 is 0 Å². The average Bonchev–Trinajstić information content (AvgIpc) is 0.811. The number of hydrogen-bond acceptors (Lipinski definition) is 0. The molecule has 0 saturated heterocycles. The van der Waals surface area contributed by atoms with Gasteiger partial charge in [-0.3, -0.25) is 0 Å². The van der Waals surface area contributed by atoms with E-state index in [0.29, 0.717) is 0 Å². The second-order valence-corrected chi connectivity index (χ2v) is 14.0. The zero-order valence-electron chi connectivity index (χ0n) is 2.63. The summed E-state index contributed by atoms with van der Waals surface area (Å²) in [6.07, 6.45) is 0. The molecule has 5 heteroatoms. The Morgan fingerprint density at radius 2 is 1.00 bits per heavy atom. The summed E-state index contributed by atoms with van der Waals surface area (Å²) in [5.74, 6) is 0. The van der Waals surface area contributed by atoms with Crippen LogP contribution in [0.3, 0.4) is 0 Å². The van der Waals surface area contributed by atoms with Crippen molar-refractivity contribution in [1.29, 1.82) is 0 Å². The van der Waals surface area contributed by atoms with E-state index in [4.69, 9.17) is 16.9 Å². The summed E-state index contributed by atoms with van der Waals surface area (Å²) in [5.41, 5.74) is 15.1. The Morgan fingerprint density at radius 3 is 1.00 bits per heavy atom. The predicted octanol–water partition coefficient (Wildman–Crippen LogP) is -0.927. The molecule has 0 saturated carbocycles. The molecule has 0 aliphatic heterocycles. The molecule has 0 bridgehead atoms. The van der Waals surface area contributed by atoms with Crippen LogP contribution in [0, 0.1) is 30.7 Å². The molecule has 5 heavy (non-hydrogen) atoms. The summed E-state index contributed by atoms with van der Waals surface area (Å²) < 4.78 is 0. The Bertz CT molecular complexity index is 11.6. The van der Waals surface area contributed by atoms with Gasteiger partial charge in [0, 0.05) is 0 Å². The molecule has 0 heterocycles. The second-order valence-electron chi connectivity index (χ2n) is 0.214. The Balaban J connectivity index is 0. The molecule has 0 unspecified atom stereocenters. The van der Waals surface area contributed by atoms with E-state index in [-0.39, 0.29) is 29.6 Å². The van der Waals surface area contributed by atoms with Gasteiger partial charge in [0.1, 0.15) is 0 Å². The maximum atomic E-state index is 5.02. The first-order chi connectivity index (χ1) is 1.73. The third-order valence-electron chi connectivity index (χ3n) is 0. The maximum absolute atomic E-state index is 5.02. The fourth-order valence-electron chi connectivity index (χ4n) is 0. The van der Waals surface area contributed by atoms with Gasteiger partial charge in [-0.05, 0) is 0 Å². The first kappa shape index (κ1) is 11.1. The van der Waals surface area contributed by atoms with Crippen molar-refractivity contribution >= 4 is 16.9 Å². The number of hydrogen-bond donors (Lipinski definition) is 0. The molecule has 0 rings (SSSR count). The SMILES string of the molecule is [Cl][Ce]([Cl])[Cl].[Na+]. The standard InChI is InChI=1S/Ce.3ClH.Na/h;3*1H;/q+3;;;;+1/p-3. The third kappa shape index (κ3) is 18.9. The summed E-state index contributed by atoms with van der Waals surface area (Å²) >= 11 is -2.24. The third-order valence-corrected chi connectivity index (χ3v) is 0. The summed E-state index contributed by atoms with van der Waals surface area (Å²) in [6.45, 7) is 0. The van der Waals surface area contributed by atoms with Crippen LogP contribution in [0.25, 0.3) is 0 Å². The zero-order chi connectivity index (χ0) is 3.58. The Morgan fingerprint density at radius 1 is 1.00 bits per heavy atom. The Kier molecular flexibility index (Phi) is 16.1. The molecule has 0 amide bonds. The predicted molar refractivity (Wildman–Crippen MR) is 17.6 cm³/mol. The van der Waals surface area contributed by atoms with Crippen molar-refractivity contribution in [2.75, 3.05) is 0 Å². The van der Waals surface area contributed by atoms with Crippen LogP contribution in [0.2, 0.25) is 0 Å². The van der Waals surface area contributed by atoms with Gasteiger partial charge in [0.15, 0.2) is 0 Å². The molecule has 0 atom stereocenters. The van der Waals surface area contributed by atoms with Gasteiger partial charge in [-0.25, -0.2) is 0 Å². The molecule has 0 nitrogen and oxygen atoms in total. The van der Waals surface area contributed by atoms with Crippen molar-refractivity contribution in [1.82, 2.24) is 0 Å². The molecule has 0 aromatic carbocycles. The smallest absolute Gasteiger partial charge is 1.00 e. The van der Waals surface area contributed by atoms with Gasteiger partial charge in [0.25, 0.3) is 0 Å². The van der Waals surface area contributed by atoms with Gasteiger partial charge >= 0.3 is 77.1 Å². The fourth-order valence-corrected chi connectivity index (χ4v) is 0. The zero-order valence-corrected chi connectivity index (χ0v) is 10.0. The van der Waals surface area contributed by atoms with Crippen LogP contribution in [0.15, 0.2) is 0 Å². The van der Waals surface area contributed by atoms with E-state index < -0.39 is 30.7 Å². The van der Waals surface area contributed by atoms with Crippen molar-refractivity contribution in [3.05, 3.63) is 0 Å². The average molecular weight is 269 g/mol. The first-order valence-corrected chi connectivity index (χ1v) is 12.4. The fraction of sp³-hybridized carbons (Fsp3) is 0. The summed E-state index contributed by atoms with van der Waals surface area (Å²) in [7, 11) is 0. The molecule has 0 spiro atoms. The molecular weight excluding hydrogens is 269 g/mol. The van der Waals surface area contributed by atoms with E-state index in [0.717, 1.165) is 0 Å². The van der Waals surface area contributed by atoms with Crippen LogP contribution in [0.5, 0.6) is 0 Å². The monoisotopic (exact) mass is 268 g/mol. The van der Waals surface area contributed by atoms with E-state index >= 15 is 0 Å². The van der Waals surface area contributed by atoms with Crippen molar-refractivity contribution in [2.45, 2.75) is 0 Å². The molecule has 0 aromatic heterocycles. The largest absolute Gasteiger partial charge is 1.00 e. The van der Waals surface area contributed by atoms with Crippen molar-refractivity contribution in [3.63, 3.8) is 0 Å². The van der Waals surface area contributed by atoms with Gasteiger partial charge in [-0.2, -0.15) is 0 Å². The van der Waals surface area contributed by atoms with E-state index in [9.17, 15) is 0 Å². The quantitative estimate of drug-likeness (QED) is 0.499. The van der Waals surface area contributed by atoms with Crippen LogP contribution in [0.4, 0.5) is 0 Å². The molecule has 25 valence electrons. The topological polar surface area (TPSA) is 0 Å². The van der Waals surface area contributed by atoms with Crippen LogP contribution < -0.4 is 29.6 Å². The first-order valence-electron chi connectivity index (χ1n) is 0.567. The Hall–Kier alpha value is 3.25. The minimum Gasteiger partial charge on any atom is 1.00 e. The van der Waals surface area contributed by atoms with Crippen LogP contribution in [-0.4, -0.2) is 0 Å². The van der Waals surface area contributed by atoms with Gasteiger partial charge in [-0.15, -0.1) is 0 Å². The molecule has 0 aliphatic carbocycles. The van der Waals surface area contributed by atoms with E-state index in [2.05, 4.69) is 0 Å². The number of halogens is 3.